The lowest BCUT2D eigenvalue weighted by atomic mass is 10.2. The standard InChI is InChI=1S/C12H15FN2O/c1-2-15-11(9-14)7-8-16-12-5-3-10(13)4-6-12/h3-6,11,15H,2,7-8H2,1H3. The van der Waals surface area contributed by atoms with Crippen molar-refractivity contribution >= 4 is 0 Å². The van der Waals surface area contributed by atoms with Crippen LogP contribution >= 0.6 is 0 Å². The molecule has 4 heteroatoms. The number of hydrogen-bond acceptors (Lipinski definition) is 3. The number of ether oxygens (including phenoxy) is 1. The quantitative estimate of drug-likeness (QED) is 0.801. The van der Waals surface area contributed by atoms with Gasteiger partial charge in [0.05, 0.1) is 18.7 Å². The molecular weight excluding hydrogens is 207 g/mol. The highest BCUT2D eigenvalue weighted by molar-refractivity contribution is 5.21. The van der Waals surface area contributed by atoms with E-state index in [0.29, 0.717) is 18.8 Å². The Kier molecular flexibility index (Phi) is 5.30. The van der Waals surface area contributed by atoms with Crippen LogP contribution in [-0.4, -0.2) is 19.2 Å². The first-order valence-corrected chi connectivity index (χ1v) is 5.27. The van der Waals surface area contributed by atoms with Gasteiger partial charge in [-0.1, -0.05) is 6.92 Å². The van der Waals surface area contributed by atoms with Crippen molar-refractivity contribution in [2.75, 3.05) is 13.2 Å². The van der Waals surface area contributed by atoms with E-state index in [-0.39, 0.29) is 11.9 Å². The second kappa shape index (κ2) is 6.81. The van der Waals surface area contributed by atoms with Crippen LogP contribution in [0.4, 0.5) is 4.39 Å². The van der Waals surface area contributed by atoms with E-state index in [9.17, 15) is 4.39 Å². The number of nitrogens with one attached hydrogen (secondary N) is 1. The van der Waals surface area contributed by atoms with Crippen LogP contribution in [0.5, 0.6) is 5.75 Å². The molecule has 1 unspecified atom stereocenters. The Balaban J connectivity index is 2.30. The number of hydrogen-bond donors (Lipinski definition) is 1. The lowest BCUT2D eigenvalue weighted by Crippen LogP contribution is -2.28. The van der Waals surface area contributed by atoms with Gasteiger partial charge < -0.3 is 10.1 Å². The Morgan fingerprint density at radius 2 is 2.12 bits per heavy atom. The summed E-state index contributed by atoms with van der Waals surface area (Å²) in [5, 5.41) is 11.8. The molecule has 0 spiro atoms. The molecule has 0 bridgehead atoms. The first kappa shape index (κ1) is 12.5. The van der Waals surface area contributed by atoms with E-state index in [1.807, 2.05) is 6.92 Å². The summed E-state index contributed by atoms with van der Waals surface area (Å²) in [6, 6.07) is 7.80. The molecule has 1 atom stereocenters. The highest BCUT2D eigenvalue weighted by atomic mass is 19.1. The van der Waals surface area contributed by atoms with Gasteiger partial charge in [0, 0.05) is 6.42 Å². The lowest BCUT2D eigenvalue weighted by molar-refractivity contribution is 0.298. The zero-order valence-electron chi connectivity index (χ0n) is 9.24. The Morgan fingerprint density at radius 1 is 1.44 bits per heavy atom. The fraction of sp³-hybridized carbons (Fsp3) is 0.417. The van der Waals surface area contributed by atoms with E-state index in [1.54, 1.807) is 12.1 Å². The third-order valence-electron chi connectivity index (χ3n) is 2.10. The van der Waals surface area contributed by atoms with E-state index in [1.165, 1.54) is 12.1 Å². The number of benzene rings is 1. The molecule has 1 aromatic rings. The minimum absolute atomic E-state index is 0.189. The molecule has 16 heavy (non-hydrogen) atoms. The summed E-state index contributed by atoms with van der Waals surface area (Å²) < 4.78 is 18.0. The minimum Gasteiger partial charge on any atom is -0.493 e. The summed E-state index contributed by atoms with van der Waals surface area (Å²) in [4.78, 5) is 0. The molecule has 0 aromatic heterocycles. The van der Waals surface area contributed by atoms with Crippen molar-refractivity contribution in [1.82, 2.24) is 5.32 Å². The monoisotopic (exact) mass is 222 g/mol. The van der Waals surface area contributed by atoms with Crippen LogP contribution in [0.3, 0.4) is 0 Å². The third-order valence-corrected chi connectivity index (χ3v) is 2.10. The molecule has 86 valence electrons. The molecule has 1 aromatic carbocycles. The van der Waals surface area contributed by atoms with Gasteiger partial charge in [-0.3, -0.25) is 0 Å². The van der Waals surface area contributed by atoms with Crippen molar-refractivity contribution in [3.8, 4) is 11.8 Å². The van der Waals surface area contributed by atoms with Crippen LogP contribution in [0, 0.1) is 17.1 Å². The topological polar surface area (TPSA) is 45.0 Å². The Bertz CT molecular complexity index is 345. The lowest BCUT2D eigenvalue weighted by Gasteiger charge is -2.10. The van der Waals surface area contributed by atoms with Crippen molar-refractivity contribution < 1.29 is 9.13 Å². The second-order valence-electron chi connectivity index (χ2n) is 3.33. The Labute approximate surface area is 94.8 Å². The fourth-order valence-corrected chi connectivity index (χ4v) is 1.28. The molecule has 0 heterocycles. The summed E-state index contributed by atoms with van der Waals surface area (Å²) in [5.41, 5.74) is 0. The van der Waals surface area contributed by atoms with Gasteiger partial charge in [0.2, 0.25) is 0 Å². The number of rotatable bonds is 6. The fourth-order valence-electron chi connectivity index (χ4n) is 1.28. The zero-order valence-corrected chi connectivity index (χ0v) is 9.24. The smallest absolute Gasteiger partial charge is 0.123 e. The Hall–Kier alpha value is -1.60. The van der Waals surface area contributed by atoms with E-state index >= 15 is 0 Å². The summed E-state index contributed by atoms with van der Waals surface area (Å²) in [7, 11) is 0. The molecule has 3 nitrogen and oxygen atoms in total. The summed E-state index contributed by atoms with van der Waals surface area (Å²) in [6.45, 7) is 3.15. The van der Waals surface area contributed by atoms with Crippen molar-refractivity contribution in [1.29, 1.82) is 5.26 Å². The molecule has 1 N–H and O–H groups in total. The first-order valence-electron chi connectivity index (χ1n) is 5.27. The molecule has 1 rings (SSSR count). The van der Waals surface area contributed by atoms with Crippen LogP contribution in [-0.2, 0) is 0 Å². The average molecular weight is 222 g/mol. The molecule has 0 saturated heterocycles. The molecule has 0 fully saturated rings. The van der Waals surface area contributed by atoms with Crippen LogP contribution in [0.1, 0.15) is 13.3 Å². The van der Waals surface area contributed by atoms with Gasteiger partial charge in [0.1, 0.15) is 11.6 Å². The van der Waals surface area contributed by atoms with Gasteiger partial charge in [-0.2, -0.15) is 5.26 Å². The molecule has 0 saturated carbocycles. The highest BCUT2D eigenvalue weighted by Gasteiger charge is 2.04. The summed E-state index contributed by atoms with van der Waals surface area (Å²) in [5.74, 6) is 0.337. The summed E-state index contributed by atoms with van der Waals surface area (Å²) >= 11 is 0. The first-order chi connectivity index (χ1) is 7.76. The molecular formula is C12H15FN2O. The number of halogens is 1. The summed E-state index contributed by atoms with van der Waals surface area (Å²) in [6.07, 6.45) is 0.613. The maximum atomic E-state index is 12.6. The van der Waals surface area contributed by atoms with Gasteiger partial charge in [-0.15, -0.1) is 0 Å². The second-order valence-corrected chi connectivity index (χ2v) is 3.33. The predicted molar refractivity (Wildman–Crippen MR) is 59.6 cm³/mol. The molecule has 0 aliphatic rings. The van der Waals surface area contributed by atoms with E-state index in [0.717, 1.165) is 6.54 Å². The molecule has 0 aliphatic carbocycles. The van der Waals surface area contributed by atoms with Crippen LogP contribution in [0.25, 0.3) is 0 Å². The maximum Gasteiger partial charge on any atom is 0.123 e. The van der Waals surface area contributed by atoms with Crippen LogP contribution in [0.15, 0.2) is 24.3 Å². The van der Waals surface area contributed by atoms with Gasteiger partial charge >= 0.3 is 0 Å². The SMILES string of the molecule is CCNC(C#N)CCOc1ccc(F)cc1. The van der Waals surface area contributed by atoms with Crippen LogP contribution < -0.4 is 10.1 Å². The van der Waals surface area contributed by atoms with E-state index < -0.39 is 0 Å². The van der Waals surface area contributed by atoms with E-state index in [4.69, 9.17) is 10.00 Å². The maximum absolute atomic E-state index is 12.6. The van der Waals surface area contributed by atoms with Gasteiger partial charge in [-0.05, 0) is 30.8 Å². The van der Waals surface area contributed by atoms with Crippen LogP contribution in [0.2, 0.25) is 0 Å². The molecule has 0 radical (unpaired) electrons. The van der Waals surface area contributed by atoms with Gasteiger partial charge in [-0.25, -0.2) is 4.39 Å². The van der Waals surface area contributed by atoms with E-state index in [2.05, 4.69) is 11.4 Å². The normalized spacial score (nSPS) is 11.8. The average Bonchev–Trinajstić information content (AvgIpc) is 2.30. The van der Waals surface area contributed by atoms with Gasteiger partial charge in [0.25, 0.3) is 0 Å². The number of nitriles is 1. The number of nitrogens with zero attached hydrogens (tertiary/aromatic N) is 1. The largest absolute Gasteiger partial charge is 0.493 e. The zero-order chi connectivity index (χ0) is 11.8. The van der Waals surface area contributed by atoms with Crippen molar-refractivity contribution in [2.45, 2.75) is 19.4 Å². The van der Waals surface area contributed by atoms with Crippen molar-refractivity contribution in [3.05, 3.63) is 30.1 Å². The molecule has 0 aliphatic heterocycles. The van der Waals surface area contributed by atoms with Crippen molar-refractivity contribution in [2.24, 2.45) is 0 Å². The third kappa shape index (κ3) is 4.28. The van der Waals surface area contributed by atoms with Crippen molar-refractivity contribution in [3.63, 3.8) is 0 Å². The van der Waals surface area contributed by atoms with Gasteiger partial charge in [0.15, 0.2) is 0 Å². The highest BCUT2D eigenvalue weighted by Crippen LogP contribution is 2.11. The Morgan fingerprint density at radius 3 is 2.69 bits per heavy atom. The minimum atomic E-state index is -0.282. The predicted octanol–water partition coefficient (Wildman–Crippen LogP) is 2.10. The molecule has 0 amide bonds.